The molecule has 0 aliphatic heterocycles. The highest BCUT2D eigenvalue weighted by Crippen LogP contribution is 2.13. The van der Waals surface area contributed by atoms with Gasteiger partial charge in [0.25, 0.3) is 0 Å². The Balaban J connectivity index is 2.47. The number of nitrogens with zero attached hydrogens (tertiary/aromatic N) is 1. The van der Waals surface area contributed by atoms with Gasteiger partial charge >= 0.3 is 0 Å². The fourth-order valence-corrected chi connectivity index (χ4v) is 2.42. The van der Waals surface area contributed by atoms with Gasteiger partial charge < -0.3 is 0 Å². The largest absolute Gasteiger partial charge is 0.295 e. The molecule has 74 valence electrons. The monoisotopic (exact) mass is 261 g/mol. The number of thiophene rings is 1. The maximum Gasteiger partial charge on any atom is 0.0330 e. The molecule has 1 nitrogen and oxygen atoms in total. The molecule has 0 aliphatic rings. The zero-order valence-electron chi connectivity index (χ0n) is 8.16. The Bertz CT molecular complexity index is 221. The van der Waals surface area contributed by atoms with Crippen LogP contribution >= 0.6 is 27.3 Å². The Morgan fingerprint density at radius 1 is 1.54 bits per heavy atom. The van der Waals surface area contributed by atoms with Crippen LogP contribution in [0.5, 0.6) is 0 Å². The van der Waals surface area contributed by atoms with Gasteiger partial charge in [0, 0.05) is 29.3 Å². The minimum absolute atomic E-state index is 0.625. The Hall–Kier alpha value is 0.140. The highest BCUT2D eigenvalue weighted by atomic mass is 79.9. The molecule has 0 aliphatic carbocycles. The molecular weight excluding hydrogens is 246 g/mol. The van der Waals surface area contributed by atoms with Crippen LogP contribution in [-0.2, 0) is 6.54 Å². The number of alkyl halides is 1. The Morgan fingerprint density at radius 2 is 2.31 bits per heavy atom. The van der Waals surface area contributed by atoms with Crippen LogP contribution in [0.25, 0.3) is 0 Å². The summed E-state index contributed by atoms with van der Waals surface area (Å²) in [7, 11) is 0. The molecule has 1 heterocycles. The maximum atomic E-state index is 3.48. The lowest BCUT2D eigenvalue weighted by atomic mass is 10.3. The van der Waals surface area contributed by atoms with Crippen LogP contribution in [0.15, 0.2) is 17.5 Å². The molecule has 0 bridgehead atoms. The van der Waals surface area contributed by atoms with E-state index < -0.39 is 0 Å². The third kappa shape index (κ3) is 3.79. The molecule has 0 aromatic carbocycles. The molecule has 3 heteroatoms. The second-order valence-corrected chi connectivity index (χ2v) is 5.16. The summed E-state index contributed by atoms with van der Waals surface area (Å²) in [6.45, 7) is 6.70. The fraction of sp³-hybridized carbons (Fsp3) is 0.600. The van der Waals surface area contributed by atoms with Gasteiger partial charge in [-0.15, -0.1) is 11.3 Å². The van der Waals surface area contributed by atoms with Crippen LogP contribution in [0.4, 0.5) is 0 Å². The van der Waals surface area contributed by atoms with Crippen LogP contribution in [0, 0.1) is 0 Å². The van der Waals surface area contributed by atoms with E-state index in [4.69, 9.17) is 0 Å². The van der Waals surface area contributed by atoms with Gasteiger partial charge in [0.2, 0.25) is 0 Å². The van der Waals surface area contributed by atoms with E-state index in [0.717, 1.165) is 18.4 Å². The van der Waals surface area contributed by atoms with Gasteiger partial charge in [-0.05, 0) is 25.3 Å². The molecule has 0 radical (unpaired) electrons. The van der Waals surface area contributed by atoms with Crippen LogP contribution < -0.4 is 0 Å². The van der Waals surface area contributed by atoms with E-state index in [-0.39, 0.29) is 0 Å². The lowest BCUT2D eigenvalue weighted by molar-refractivity contribution is 0.229. The fourth-order valence-electron chi connectivity index (χ4n) is 1.23. The minimum Gasteiger partial charge on any atom is -0.295 e. The van der Waals surface area contributed by atoms with E-state index >= 15 is 0 Å². The summed E-state index contributed by atoms with van der Waals surface area (Å²) in [6, 6.07) is 4.95. The lowest BCUT2D eigenvalue weighted by Crippen LogP contribution is -2.31. The third-order valence-electron chi connectivity index (χ3n) is 2.04. The van der Waals surface area contributed by atoms with E-state index in [1.54, 1.807) is 0 Å². The predicted molar refractivity (Wildman–Crippen MR) is 63.7 cm³/mol. The molecule has 0 saturated carbocycles. The molecule has 0 atom stereocenters. The molecule has 0 saturated heterocycles. The highest BCUT2D eigenvalue weighted by Gasteiger charge is 2.09. The summed E-state index contributed by atoms with van der Waals surface area (Å²) in [5.74, 6) is 0. The summed E-state index contributed by atoms with van der Waals surface area (Å²) in [5.41, 5.74) is 0. The van der Waals surface area contributed by atoms with E-state index in [9.17, 15) is 0 Å². The van der Waals surface area contributed by atoms with Gasteiger partial charge in [0.05, 0.1) is 0 Å². The number of rotatable bonds is 5. The van der Waals surface area contributed by atoms with Crippen molar-refractivity contribution < 1.29 is 0 Å². The second kappa shape index (κ2) is 5.78. The predicted octanol–water partition coefficient (Wildman–Crippen LogP) is 3.35. The van der Waals surface area contributed by atoms with Gasteiger partial charge in [-0.3, -0.25) is 4.90 Å². The van der Waals surface area contributed by atoms with Crippen molar-refractivity contribution in [1.82, 2.24) is 4.90 Å². The molecule has 1 rings (SSSR count). The minimum atomic E-state index is 0.625. The standard InChI is InChI=1S/C10H16BrNS/c1-9(2)12(6-5-11)8-10-4-3-7-13-10/h3-4,7,9H,5-6,8H2,1-2H3. The quantitative estimate of drug-likeness (QED) is 0.735. The maximum absolute atomic E-state index is 3.48. The zero-order chi connectivity index (χ0) is 9.68. The van der Waals surface area contributed by atoms with Crippen molar-refractivity contribution in [3.8, 4) is 0 Å². The molecule has 0 unspecified atom stereocenters. The summed E-state index contributed by atoms with van der Waals surface area (Å²) < 4.78 is 0. The number of hydrogen-bond donors (Lipinski definition) is 0. The number of hydrogen-bond acceptors (Lipinski definition) is 2. The Morgan fingerprint density at radius 3 is 2.77 bits per heavy atom. The molecule has 1 aromatic rings. The Kier molecular flexibility index (Phi) is 4.99. The van der Waals surface area contributed by atoms with Gasteiger partial charge in [-0.25, -0.2) is 0 Å². The van der Waals surface area contributed by atoms with E-state index in [1.165, 1.54) is 4.88 Å². The highest BCUT2D eigenvalue weighted by molar-refractivity contribution is 9.09. The first kappa shape index (κ1) is 11.2. The summed E-state index contributed by atoms with van der Waals surface area (Å²) in [4.78, 5) is 3.93. The summed E-state index contributed by atoms with van der Waals surface area (Å²) in [6.07, 6.45) is 0. The van der Waals surface area contributed by atoms with Crippen molar-refractivity contribution in [2.45, 2.75) is 26.4 Å². The van der Waals surface area contributed by atoms with Crippen molar-refractivity contribution in [2.75, 3.05) is 11.9 Å². The van der Waals surface area contributed by atoms with Crippen molar-refractivity contribution in [3.63, 3.8) is 0 Å². The zero-order valence-corrected chi connectivity index (χ0v) is 10.6. The second-order valence-electron chi connectivity index (χ2n) is 3.33. The van der Waals surface area contributed by atoms with Gasteiger partial charge in [-0.1, -0.05) is 22.0 Å². The van der Waals surface area contributed by atoms with Gasteiger partial charge in [-0.2, -0.15) is 0 Å². The first-order chi connectivity index (χ1) is 6.24. The first-order valence-electron chi connectivity index (χ1n) is 4.56. The van der Waals surface area contributed by atoms with Crippen LogP contribution in [0.2, 0.25) is 0 Å². The van der Waals surface area contributed by atoms with Crippen molar-refractivity contribution in [1.29, 1.82) is 0 Å². The lowest BCUT2D eigenvalue weighted by Gasteiger charge is -2.24. The van der Waals surface area contributed by atoms with Crippen LogP contribution in [-0.4, -0.2) is 22.8 Å². The van der Waals surface area contributed by atoms with Gasteiger partial charge in [0.15, 0.2) is 0 Å². The summed E-state index contributed by atoms with van der Waals surface area (Å²) in [5, 5.41) is 3.19. The molecule has 13 heavy (non-hydrogen) atoms. The Labute approximate surface area is 92.9 Å². The number of halogens is 1. The third-order valence-corrected chi connectivity index (χ3v) is 3.26. The van der Waals surface area contributed by atoms with E-state index in [0.29, 0.717) is 6.04 Å². The van der Waals surface area contributed by atoms with Crippen molar-refractivity contribution in [2.24, 2.45) is 0 Å². The average Bonchev–Trinajstić information content (AvgIpc) is 2.56. The molecule has 0 fully saturated rings. The van der Waals surface area contributed by atoms with E-state index in [1.807, 2.05) is 11.3 Å². The van der Waals surface area contributed by atoms with Crippen molar-refractivity contribution >= 4 is 27.3 Å². The molecule has 0 amide bonds. The molecule has 0 spiro atoms. The smallest absolute Gasteiger partial charge is 0.0330 e. The van der Waals surface area contributed by atoms with E-state index in [2.05, 4.69) is 52.2 Å². The molecule has 0 N–H and O–H groups in total. The van der Waals surface area contributed by atoms with Crippen LogP contribution in [0.3, 0.4) is 0 Å². The molecular formula is C10H16BrNS. The summed E-state index contributed by atoms with van der Waals surface area (Å²) >= 11 is 5.32. The van der Waals surface area contributed by atoms with Gasteiger partial charge in [0.1, 0.15) is 0 Å². The SMILES string of the molecule is CC(C)N(CCBr)Cc1cccs1. The molecule has 1 aromatic heterocycles. The van der Waals surface area contributed by atoms with Crippen LogP contribution in [0.1, 0.15) is 18.7 Å². The van der Waals surface area contributed by atoms with Crippen molar-refractivity contribution in [3.05, 3.63) is 22.4 Å². The first-order valence-corrected chi connectivity index (χ1v) is 6.56. The topological polar surface area (TPSA) is 3.24 Å². The average molecular weight is 262 g/mol. The normalized spacial score (nSPS) is 11.5.